The highest BCUT2D eigenvalue weighted by Gasteiger charge is 2.40. The molecule has 0 aromatic carbocycles. The molecular formula is C7H5F5N2O. The summed E-state index contributed by atoms with van der Waals surface area (Å²) in [4.78, 5) is 2.96. The van der Waals surface area contributed by atoms with E-state index in [9.17, 15) is 22.0 Å². The Kier molecular flexibility index (Phi) is 2.69. The second kappa shape index (κ2) is 3.52. The van der Waals surface area contributed by atoms with Crippen LogP contribution in [0.5, 0.6) is 5.75 Å². The van der Waals surface area contributed by atoms with E-state index in [2.05, 4.69) is 4.98 Å². The van der Waals surface area contributed by atoms with E-state index in [1.165, 1.54) is 0 Å². The zero-order chi connectivity index (χ0) is 11.8. The predicted molar refractivity (Wildman–Crippen MR) is 40.3 cm³/mol. The van der Waals surface area contributed by atoms with Gasteiger partial charge in [0.05, 0.1) is 11.8 Å². The Balaban J connectivity index is 3.53. The molecule has 0 saturated heterocycles. The summed E-state index contributed by atoms with van der Waals surface area (Å²) in [5, 5.41) is 8.85. The predicted octanol–water partition coefficient (Wildman–Crippen LogP) is 2.33. The van der Waals surface area contributed by atoms with E-state index >= 15 is 0 Å². The van der Waals surface area contributed by atoms with Crippen LogP contribution in [-0.2, 0) is 6.18 Å². The van der Waals surface area contributed by atoms with Gasteiger partial charge in [0, 0.05) is 0 Å². The molecule has 0 aliphatic rings. The minimum absolute atomic E-state index is 0.450. The van der Waals surface area contributed by atoms with E-state index in [1.807, 2.05) is 0 Å². The zero-order valence-corrected chi connectivity index (χ0v) is 7.02. The van der Waals surface area contributed by atoms with Crippen molar-refractivity contribution in [2.24, 2.45) is 0 Å². The van der Waals surface area contributed by atoms with Crippen LogP contribution in [0.15, 0.2) is 6.20 Å². The number of hydrogen-bond acceptors (Lipinski definition) is 3. The third kappa shape index (κ3) is 2.08. The number of nitrogens with zero attached hydrogens (tertiary/aromatic N) is 1. The monoisotopic (exact) mass is 228 g/mol. The number of aromatic hydroxyl groups is 1. The van der Waals surface area contributed by atoms with Crippen molar-refractivity contribution >= 4 is 5.82 Å². The topological polar surface area (TPSA) is 59.1 Å². The van der Waals surface area contributed by atoms with Gasteiger partial charge in [-0.05, 0) is 0 Å². The quantitative estimate of drug-likeness (QED) is 0.725. The fraction of sp³-hybridized carbons (Fsp3) is 0.286. The zero-order valence-electron chi connectivity index (χ0n) is 7.02. The molecule has 0 unspecified atom stereocenters. The molecule has 0 aliphatic carbocycles. The molecule has 3 nitrogen and oxygen atoms in total. The Morgan fingerprint density at radius 2 is 1.87 bits per heavy atom. The summed E-state index contributed by atoms with van der Waals surface area (Å²) in [7, 11) is 0. The van der Waals surface area contributed by atoms with Crippen LogP contribution in [-0.4, -0.2) is 10.1 Å². The van der Waals surface area contributed by atoms with Gasteiger partial charge in [-0.3, -0.25) is 0 Å². The van der Waals surface area contributed by atoms with Gasteiger partial charge in [0.15, 0.2) is 0 Å². The molecule has 15 heavy (non-hydrogen) atoms. The van der Waals surface area contributed by atoms with Crippen molar-refractivity contribution in [3.05, 3.63) is 17.3 Å². The summed E-state index contributed by atoms with van der Waals surface area (Å²) in [6.45, 7) is 0. The maximum Gasteiger partial charge on any atom is 0.420 e. The molecule has 1 aromatic rings. The Hall–Kier alpha value is -1.60. The summed E-state index contributed by atoms with van der Waals surface area (Å²) < 4.78 is 61.4. The lowest BCUT2D eigenvalue weighted by Crippen LogP contribution is -2.14. The number of anilines is 1. The molecule has 0 fully saturated rings. The van der Waals surface area contributed by atoms with Gasteiger partial charge in [0.2, 0.25) is 0 Å². The Morgan fingerprint density at radius 3 is 2.20 bits per heavy atom. The van der Waals surface area contributed by atoms with Crippen molar-refractivity contribution in [3.63, 3.8) is 0 Å². The van der Waals surface area contributed by atoms with Gasteiger partial charge in [0.25, 0.3) is 6.43 Å². The number of hydrogen-bond donors (Lipinski definition) is 2. The first kappa shape index (κ1) is 11.5. The average Bonchev–Trinajstić information content (AvgIpc) is 2.05. The molecule has 0 aliphatic heterocycles. The first-order valence-corrected chi connectivity index (χ1v) is 3.57. The van der Waals surface area contributed by atoms with E-state index in [0.29, 0.717) is 6.20 Å². The van der Waals surface area contributed by atoms with Crippen molar-refractivity contribution in [2.45, 2.75) is 12.6 Å². The molecule has 84 valence electrons. The van der Waals surface area contributed by atoms with Crippen molar-refractivity contribution in [3.8, 4) is 5.75 Å². The Bertz CT molecular complexity index is 376. The number of halogens is 5. The number of aromatic nitrogens is 1. The summed E-state index contributed by atoms with van der Waals surface area (Å²) in [5.41, 5.74) is 1.50. The maximum absolute atomic E-state index is 12.3. The molecule has 1 heterocycles. The van der Waals surface area contributed by atoms with E-state index in [0.717, 1.165) is 0 Å². The second-order valence-electron chi connectivity index (χ2n) is 2.62. The fourth-order valence-electron chi connectivity index (χ4n) is 1.05. The molecule has 1 rings (SSSR count). The maximum atomic E-state index is 12.3. The highest BCUT2D eigenvalue weighted by Crippen LogP contribution is 2.42. The van der Waals surface area contributed by atoms with E-state index in [1.54, 1.807) is 0 Å². The van der Waals surface area contributed by atoms with Crippen LogP contribution in [0.2, 0.25) is 0 Å². The fourth-order valence-corrected chi connectivity index (χ4v) is 1.05. The van der Waals surface area contributed by atoms with Crippen LogP contribution in [0.4, 0.5) is 27.8 Å². The first-order valence-electron chi connectivity index (χ1n) is 3.57. The highest BCUT2D eigenvalue weighted by molar-refractivity contribution is 5.52. The molecule has 3 N–H and O–H groups in total. The Labute approximate surface area is 80.3 Å². The van der Waals surface area contributed by atoms with Crippen molar-refractivity contribution in [2.75, 3.05) is 5.73 Å². The van der Waals surface area contributed by atoms with E-state index in [4.69, 9.17) is 10.8 Å². The van der Waals surface area contributed by atoms with Gasteiger partial charge < -0.3 is 10.8 Å². The summed E-state index contributed by atoms with van der Waals surface area (Å²) in [6, 6.07) is 0. The van der Waals surface area contributed by atoms with Gasteiger partial charge in [-0.15, -0.1) is 0 Å². The van der Waals surface area contributed by atoms with Gasteiger partial charge >= 0.3 is 6.18 Å². The summed E-state index contributed by atoms with van der Waals surface area (Å²) in [5.74, 6) is -2.32. The van der Waals surface area contributed by atoms with Crippen molar-refractivity contribution in [1.29, 1.82) is 0 Å². The van der Waals surface area contributed by atoms with Crippen molar-refractivity contribution < 1.29 is 27.1 Å². The normalized spacial score (nSPS) is 12.1. The van der Waals surface area contributed by atoms with Crippen LogP contribution >= 0.6 is 0 Å². The number of pyridine rings is 1. The molecule has 0 amide bonds. The lowest BCUT2D eigenvalue weighted by Gasteiger charge is -2.14. The number of alkyl halides is 5. The molecule has 8 heteroatoms. The highest BCUT2D eigenvalue weighted by atomic mass is 19.4. The summed E-state index contributed by atoms with van der Waals surface area (Å²) in [6.07, 6.45) is -8.11. The molecule has 0 bridgehead atoms. The third-order valence-corrected chi connectivity index (χ3v) is 1.63. The molecule has 0 saturated carbocycles. The third-order valence-electron chi connectivity index (χ3n) is 1.63. The second-order valence-corrected chi connectivity index (χ2v) is 2.62. The van der Waals surface area contributed by atoms with Gasteiger partial charge in [0.1, 0.15) is 17.1 Å². The molecule has 0 radical (unpaired) electrons. The average molecular weight is 228 g/mol. The minimum Gasteiger partial charge on any atom is -0.506 e. The largest absolute Gasteiger partial charge is 0.506 e. The summed E-state index contributed by atoms with van der Waals surface area (Å²) >= 11 is 0. The van der Waals surface area contributed by atoms with Crippen LogP contribution in [0, 0.1) is 0 Å². The van der Waals surface area contributed by atoms with Crippen LogP contribution in [0.1, 0.15) is 17.6 Å². The molecular weight excluding hydrogens is 223 g/mol. The standard InChI is InChI=1S/C7H5F5N2O/c8-5(9)3-2(15)1-14-6(13)4(3)7(10,11)12/h1,5,15H,(H2,13,14). The number of rotatable bonds is 1. The number of nitrogen functional groups attached to an aromatic ring is 1. The smallest absolute Gasteiger partial charge is 0.420 e. The SMILES string of the molecule is Nc1ncc(O)c(C(F)F)c1C(F)(F)F. The molecule has 0 atom stereocenters. The first-order chi connectivity index (χ1) is 6.75. The van der Waals surface area contributed by atoms with Crippen molar-refractivity contribution in [1.82, 2.24) is 4.98 Å². The van der Waals surface area contributed by atoms with Crippen LogP contribution in [0.25, 0.3) is 0 Å². The van der Waals surface area contributed by atoms with Gasteiger partial charge in [-0.2, -0.15) is 13.2 Å². The van der Waals surface area contributed by atoms with Gasteiger partial charge in [-0.1, -0.05) is 0 Å². The lowest BCUT2D eigenvalue weighted by atomic mass is 10.1. The van der Waals surface area contributed by atoms with E-state index < -0.39 is 35.3 Å². The van der Waals surface area contributed by atoms with Crippen LogP contribution < -0.4 is 5.73 Å². The minimum atomic E-state index is -5.08. The lowest BCUT2D eigenvalue weighted by molar-refractivity contribution is -0.139. The molecule has 0 spiro atoms. The molecule has 1 aromatic heterocycles. The number of nitrogens with two attached hydrogens (primary N) is 1. The van der Waals surface area contributed by atoms with E-state index in [-0.39, 0.29) is 0 Å². The Morgan fingerprint density at radius 1 is 1.33 bits per heavy atom. The van der Waals surface area contributed by atoms with Crippen LogP contribution in [0.3, 0.4) is 0 Å². The van der Waals surface area contributed by atoms with Gasteiger partial charge in [-0.25, -0.2) is 13.8 Å².